The van der Waals surface area contributed by atoms with Crippen LogP contribution >= 0.6 is 11.3 Å². The maximum Gasteiger partial charge on any atom is 0.265 e. The summed E-state index contributed by atoms with van der Waals surface area (Å²) >= 11 is 1.34. The zero-order valence-electron chi connectivity index (χ0n) is 14.3. The normalized spacial score (nSPS) is 11.8. The second-order valence-electron chi connectivity index (χ2n) is 5.71. The first-order valence-corrected chi connectivity index (χ1v) is 10.2. The number of hydrogen-bond donors (Lipinski definition) is 3. The smallest absolute Gasteiger partial charge is 0.265 e. The molecule has 0 bridgehead atoms. The Morgan fingerprint density at radius 1 is 1.35 bits per heavy atom. The summed E-state index contributed by atoms with van der Waals surface area (Å²) in [4.78, 5) is 14.0. The van der Waals surface area contributed by atoms with Crippen molar-refractivity contribution >= 4 is 43.2 Å². The van der Waals surface area contributed by atoms with Crippen LogP contribution in [0.5, 0.6) is 0 Å². The van der Waals surface area contributed by atoms with Gasteiger partial charge in [-0.3, -0.25) is 9.48 Å². The Hall–Kier alpha value is -2.27. The first-order valence-electron chi connectivity index (χ1n) is 7.86. The minimum atomic E-state index is -3.66. The van der Waals surface area contributed by atoms with E-state index in [4.69, 9.17) is 5.73 Å². The first kappa shape index (κ1) is 18.5. The molecule has 0 saturated heterocycles. The van der Waals surface area contributed by atoms with Gasteiger partial charge in [0, 0.05) is 31.2 Å². The molecule has 2 heterocycles. The molecular formula is C16H19N5O3S2. The van der Waals surface area contributed by atoms with Crippen molar-refractivity contribution in [1.82, 2.24) is 14.5 Å². The third-order valence-corrected chi connectivity index (χ3v) is 6.42. The van der Waals surface area contributed by atoms with Crippen LogP contribution in [-0.2, 0) is 17.1 Å². The number of carbonyl (C=O) groups is 1. The van der Waals surface area contributed by atoms with E-state index < -0.39 is 10.0 Å². The van der Waals surface area contributed by atoms with Gasteiger partial charge in [-0.1, -0.05) is 6.07 Å². The number of amides is 1. The molecule has 0 aliphatic carbocycles. The highest BCUT2D eigenvalue weighted by Crippen LogP contribution is 2.28. The van der Waals surface area contributed by atoms with Gasteiger partial charge in [-0.15, -0.1) is 11.3 Å². The van der Waals surface area contributed by atoms with Gasteiger partial charge in [0.25, 0.3) is 5.91 Å². The van der Waals surface area contributed by atoms with Crippen molar-refractivity contribution < 1.29 is 13.2 Å². The molecule has 0 radical (unpaired) electrons. The average Bonchev–Trinajstić information content (AvgIpc) is 3.15. The fraction of sp³-hybridized carbons (Fsp3) is 0.250. The van der Waals surface area contributed by atoms with Crippen LogP contribution < -0.4 is 15.8 Å². The number of hydrogen-bond acceptors (Lipinski definition) is 6. The van der Waals surface area contributed by atoms with Crippen molar-refractivity contribution in [2.45, 2.75) is 11.8 Å². The van der Waals surface area contributed by atoms with Gasteiger partial charge in [-0.05, 0) is 31.2 Å². The van der Waals surface area contributed by atoms with Crippen LogP contribution in [0, 0.1) is 6.92 Å². The Balaban J connectivity index is 1.83. The molecule has 1 aromatic carbocycles. The van der Waals surface area contributed by atoms with Crippen molar-refractivity contribution in [2.24, 2.45) is 12.8 Å². The summed E-state index contributed by atoms with van der Waals surface area (Å²) < 4.78 is 28.5. The number of aromatic nitrogens is 2. The standard InChI is InChI=1S/C16H19N5O3S2/c1-10-13-9-14(25-16(13)21(2)20-10)15(22)19-11-4-3-5-12(8-11)26(23,24)18-7-6-17/h3-5,8-9,18H,6-7,17H2,1-2H3,(H,19,22). The predicted octanol–water partition coefficient (Wildman–Crippen LogP) is 1.43. The minimum Gasteiger partial charge on any atom is -0.329 e. The largest absolute Gasteiger partial charge is 0.329 e. The summed E-state index contributed by atoms with van der Waals surface area (Å²) in [6.07, 6.45) is 0. The topological polar surface area (TPSA) is 119 Å². The van der Waals surface area contributed by atoms with Crippen LogP contribution in [0.15, 0.2) is 35.2 Å². The van der Waals surface area contributed by atoms with E-state index >= 15 is 0 Å². The number of aryl methyl sites for hydroxylation is 2. The summed E-state index contributed by atoms with van der Waals surface area (Å²) in [5, 5.41) is 7.99. The number of fused-ring (bicyclic) bond motifs is 1. The molecule has 10 heteroatoms. The van der Waals surface area contributed by atoms with E-state index in [2.05, 4.69) is 15.1 Å². The van der Waals surface area contributed by atoms with Gasteiger partial charge in [0.2, 0.25) is 10.0 Å². The fourth-order valence-corrected chi connectivity index (χ4v) is 4.64. The summed E-state index contributed by atoms with van der Waals surface area (Å²) in [5.74, 6) is -0.296. The zero-order chi connectivity index (χ0) is 18.9. The molecule has 2 aromatic heterocycles. The summed E-state index contributed by atoms with van der Waals surface area (Å²) in [7, 11) is -1.83. The Labute approximate surface area is 155 Å². The average molecular weight is 393 g/mol. The van der Waals surface area contributed by atoms with Gasteiger partial charge >= 0.3 is 0 Å². The van der Waals surface area contributed by atoms with Gasteiger partial charge in [0.15, 0.2) is 0 Å². The van der Waals surface area contributed by atoms with Crippen molar-refractivity contribution in [3.63, 3.8) is 0 Å². The van der Waals surface area contributed by atoms with E-state index in [1.54, 1.807) is 22.9 Å². The van der Waals surface area contributed by atoms with Crippen molar-refractivity contribution in [2.75, 3.05) is 18.4 Å². The number of sulfonamides is 1. The van der Waals surface area contributed by atoms with Crippen molar-refractivity contribution in [1.29, 1.82) is 0 Å². The second kappa shape index (κ2) is 7.16. The van der Waals surface area contributed by atoms with Gasteiger partial charge in [-0.2, -0.15) is 5.10 Å². The molecule has 1 amide bonds. The van der Waals surface area contributed by atoms with Crippen LogP contribution in [0.4, 0.5) is 5.69 Å². The summed E-state index contributed by atoms with van der Waals surface area (Å²) in [5.41, 5.74) is 6.59. The molecule has 3 aromatic rings. The number of nitrogens with two attached hydrogens (primary N) is 1. The Morgan fingerprint density at radius 3 is 2.81 bits per heavy atom. The number of carbonyl (C=O) groups excluding carboxylic acids is 1. The lowest BCUT2D eigenvalue weighted by atomic mass is 10.3. The number of nitrogens with one attached hydrogen (secondary N) is 2. The maximum atomic E-state index is 12.5. The maximum absolute atomic E-state index is 12.5. The third kappa shape index (κ3) is 3.63. The molecule has 0 atom stereocenters. The molecule has 0 aliphatic heterocycles. The van der Waals surface area contributed by atoms with E-state index in [1.165, 1.54) is 23.5 Å². The Kier molecular flexibility index (Phi) is 5.10. The number of thiophene rings is 1. The highest BCUT2D eigenvalue weighted by Gasteiger charge is 2.17. The lowest BCUT2D eigenvalue weighted by molar-refractivity contribution is 0.103. The quantitative estimate of drug-likeness (QED) is 0.585. The third-order valence-electron chi connectivity index (χ3n) is 3.76. The van der Waals surface area contributed by atoms with Crippen LogP contribution in [-0.4, -0.2) is 37.2 Å². The van der Waals surface area contributed by atoms with E-state index in [0.29, 0.717) is 10.6 Å². The highest BCUT2D eigenvalue weighted by molar-refractivity contribution is 7.89. The molecular weight excluding hydrogens is 374 g/mol. The Bertz CT molecular complexity index is 1030. The number of nitrogens with zero attached hydrogens (tertiary/aromatic N) is 2. The highest BCUT2D eigenvalue weighted by atomic mass is 32.2. The molecule has 0 spiro atoms. The van der Waals surface area contributed by atoms with Crippen molar-refractivity contribution in [3.8, 4) is 0 Å². The van der Waals surface area contributed by atoms with E-state index in [9.17, 15) is 13.2 Å². The first-order chi connectivity index (χ1) is 12.3. The van der Waals surface area contributed by atoms with Gasteiger partial charge in [0.1, 0.15) is 4.83 Å². The SMILES string of the molecule is Cc1nn(C)c2sc(C(=O)Nc3cccc(S(=O)(=O)NCCN)c3)cc12. The molecule has 0 unspecified atom stereocenters. The van der Waals surface area contributed by atoms with Gasteiger partial charge < -0.3 is 11.1 Å². The summed E-state index contributed by atoms with van der Waals surface area (Å²) in [6, 6.07) is 7.88. The van der Waals surface area contributed by atoms with Gasteiger partial charge in [-0.25, -0.2) is 13.1 Å². The van der Waals surface area contributed by atoms with E-state index in [-0.39, 0.29) is 23.9 Å². The van der Waals surface area contributed by atoms with E-state index in [0.717, 1.165) is 15.9 Å². The predicted molar refractivity (Wildman–Crippen MR) is 102 cm³/mol. The molecule has 26 heavy (non-hydrogen) atoms. The van der Waals surface area contributed by atoms with E-state index in [1.807, 2.05) is 14.0 Å². The lowest BCUT2D eigenvalue weighted by Crippen LogP contribution is -2.29. The molecule has 0 saturated carbocycles. The van der Waals surface area contributed by atoms with Crippen LogP contribution in [0.1, 0.15) is 15.4 Å². The van der Waals surface area contributed by atoms with Crippen LogP contribution in [0.25, 0.3) is 10.2 Å². The number of anilines is 1. The van der Waals surface area contributed by atoms with Crippen LogP contribution in [0.2, 0.25) is 0 Å². The zero-order valence-corrected chi connectivity index (χ0v) is 15.9. The molecule has 138 valence electrons. The number of benzene rings is 1. The second-order valence-corrected chi connectivity index (χ2v) is 8.50. The van der Waals surface area contributed by atoms with Crippen molar-refractivity contribution in [3.05, 3.63) is 40.9 Å². The molecule has 0 aliphatic rings. The Morgan fingerprint density at radius 2 is 2.12 bits per heavy atom. The molecule has 8 nitrogen and oxygen atoms in total. The monoisotopic (exact) mass is 393 g/mol. The van der Waals surface area contributed by atoms with Crippen LogP contribution in [0.3, 0.4) is 0 Å². The fourth-order valence-electron chi connectivity index (χ4n) is 2.53. The minimum absolute atomic E-state index is 0.0696. The van der Waals surface area contributed by atoms with Gasteiger partial charge in [0.05, 0.1) is 15.5 Å². The summed E-state index contributed by atoms with van der Waals surface area (Å²) in [6.45, 7) is 2.24. The molecule has 4 N–H and O–H groups in total. The lowest BCUT2D eigenvalue weighted by Gasteiger charge is -2.08. The molecule has 0 fully saturated rings. The molecule has 3 rings (SSSR count). The number of rotatable bonds is 6.